The van der Waals surface area contributed by atoms with Crippen LogP contribution in [0.4, 0.5) is 5.69 Å². The molecule has 2 aromatic carbocycles. The fourth-order valence-corrected chi connectivity index (χ4v) is 2.53. The van der Waals surface area contributed by atoms with Crippen LogP contribution in [0, 0.1) is 0 Å². The second-order valence-electron chi connectivity index (χ2n) is 5.99. The molecule has 0 atom stereocenters. The van der Waals surface area contributed by atoms with E-state index in [0.29, 0.717) is 34.6 Å². The van der Waals surface area contributed by atoms with Gasteiger partial charge >= 0.3 is 0 Å². The summed E-state index contributed by atoms with van der Waals surface area (Å²) >= 11 is 0. The van der Waals surface area contributed by atoms with E-state index in [1.807, 2.05) is 24.3 Å². The van der Waals surface area contributed by atoms with Gasteiger partial charge in [0.1, 0.15) is 5.75 Å². The summed E-state index contributed by atoms with van der Waals surface area (Å²) in [5.41, 5.74) is 2.04. The van der Waals surface area contributed by atoms with Crippen LogP contribution in [0.3, 0.4) is 0 Å². The highest BCUT2D eigenvalue weighted by molar-refractivity contribution is 6.04. The van der Waals surface area contributed by atoms with Crippen molar-refractivity contribution < 1.29 is 14.1 Å². The molecule has 1 heterocycles. The standard InChI is InChI=1S/C19H17N3O3/c1-24-16-9-7-12(8-10-16)18(23)20-15-4-2-3-14(11-15)17-21-19(25-22-17)13-5-6-13/h2-4,7-11,13H,5-6H2,1H3,(H,20,23). The summed E-state index contributed by atoms with van der Waals surface area (Å²) in [5.74, 6) is 2.18. The molecule has 126 valence electrons. The van der Waals surface area contributed by atoms with Gasteiger partial charge in [0, 0.05) is 22.7 Å². The monoisotopic (exact) mass is 335 g/mol. The number of aromatic nitrogens is 2. The van der Waals surface area contributed by atoms with Crippen LogP contribution in [0.25, 0.3) is 11.4 Å². The average Bonchev–Trinajstić information content (AvgIpc) is 3.39. The molecule has 1 fully saturated rings. The number of carbonyl (C=O) groups is 1. The fourth-order valence-electron chi connectivity index (χ4n) is 2.53. The highest BCUT2D eigenvalue weighted by Crippen LogP contribution is 2.39. The first kappa shape index (κ1) is 15.4. The third kappa shape index (κ3) is 3.38. The molecule has 1 amide bonds. The van der Waals surface area contributed by atoms with Gasteiger partial charge in [-0.25, -0.2) is 0 Å². The van der Waals surface area contributed by atoms with Crippen molar-refractivity contribution in [3.8, 4) is 17.1 Å². The minimum atomic E-state index is -0.188. The summed E-state index contributed by atoms with van der Waals surface area (Å²) < 4.78 is 10.4. The van der Waals surface area contributed by atoms with Crippen LogP contribution < -0.4 is 10.1 Å². The molecule has 0 radical (unpaired) electrons. The quantitative estimate of drug-likeness (QED) is 0.766. The van der Waals surface area contributed by atoms with Crippen molar-refractivity contribution >= 4 is 11.6 Å². The summed E-state index contributed by atoms with van der Waals surface area (Å²) in [7, 11) is 1.59. The summed E-state index contributed by atoms with van der Waals surface area (Å²) in [6.07, 6.45) is 2.22. The Kier molecular flexibility index (Phi) is 3.93. The summed E-state index contributed by atoms with van der Waals surface area (Å²) in [4.78, 5) is 16.8. The molecular formula is C19H17N3O3. The van der Waals surface area contributed by atoms with Gasteiger partial charge < -0.3 is 14.6 Å². The molecule has 0 unspecified atom stereocenters. The van der Waals surface area contributed by atoms with Crippen LogP contribution in [0.15, 0.2) is 53.1 Å². The molecule has 0 aliphatic heterocycles. The molecule has 25 heavy (non-hydrogen) atoms. The van der Waals surface area contributed by atoms with E-state index in [-0.39, 0.29) is 5.91 Å². The number of benzene rings is 2. The molecule has 6 nitrogen and oxygen atoms in total. The molecule has 6 heteroatoms. The topological polar surface area (TPSA) is 77.2 Å². The lowest BCUT2D eigenvalue weighted by atomic mass is 10.1. The van der Waals surface area contributed by atoms with Crippen LogP contribution in [0.2, 0.25) is 0 Å². The van der Waals surface area contributed by atoms with Crippen molar-refractivity contribution in [2.45, 2.75) is 18.8 Å². The first-order valence-electron chi connectivity index (χ1n) is 8.12. The molecule has 4 rings (SSSR count). The molecular weight excluding hydrogens is 318 g/mol. The fraction of sp³-hybridized carbons (Fsp3) is 0.211. The van der Waals surface area contributed by atoms with Gasteiger partial charge in [-0.2, -0.15) is 4.98 Å². The van der Waals surface area contributed by atoms with E-state index in [1.165, 1.54) is 0 Å². The molecule has 0 spiro atoms. The lowest BCUT2D eigenvalue weighted by Crippen LogP contribution is -2.11. The molecule has 1 saturated carbocycles. The predicted octanol–water partition coefficient (Wildman–Crippen LogP) is 3.87. The van der Waals surface area contributed by atoms with Crippen LogP contribution in [0.5, 0.6) is 5.75 Å². The second-order valence-corrected chi connectivity index (χ2v) is 5.99. The SMILES string of the molecule is COc1ccc(C(=O)Nc2cccc(-c3noc(C4CC4)n3)c2)cc1. The minimum Gasteiger partial charge on any atom is -0.497 e. The summed E-state index contributed by atoms with van der Waals surface area (Å²) in [6.45, 7) is 0. The van der Waals surface area contributed by atoms with Gasteiger partial charge in [-0.3, -0.25) is 4.79 Å². The second kappa shape index (κ2) is 6.39. The van der Waals surface area contributed by atoms with Gasteiger partial charge in [0.05, 0.1) is 7.11 Å². The summed E-state index contributed by atoms with van der Waals surface area (Å²) in [6, 6.07) is 14.4. The lowest BCUT2D eigenvalue weighted by molar-refractivity contribution is 0.102. The summed E-state index contributed by atoms with van der Waals surface area (Å²) in [5, 5.41) is 6.91. The highest BCUT2D eigenvalue weighted by atomic mass is 16.5. The number of anilines is 1. The van der Waals surface area contributed by atoms with Crippen molar-refractivity contribution in [3.63, 3.8) is 0 Å². The number of nitrogens with one attached hydrogen (secondary N) is 1. The van der Waals surface area contributed by atoms with Gasteiger partial charge in [0.15, 0.2) is 0 Å². The maximum absolute atomic E-state index is 12.4. The Morgan fingerprint density at radius 3 is 2.72 bits per heavy atom. The van der Waals surface area contributed by atoms with E-state index < -0.39 is 0 Å². The Balaban J connectivity index is 1.51. The minimum absolute atomic E-state index is 0.188. The molecule has 1 aliphatic rings. The first-order valence-corrected chi connectivity index (χ1v) is 8.12. The van der Waals surface area contributed by atoms with E-state index in [0.717, 1.165) is 18.4 Å². The van der Waals surface area contributed by atoms with E-state index in [1.54, 1.807) is 31.4 Å². The van der Waals surface area contributed by atoms with Crippen LogP contribution >= 0.6 is 0 Å². The van der Waals surface area contributed by atoms with Crippen molar-refractivity contribution in [3.05, 3.63) is 60.0 Å². The number of hydrogen-bond acceptors (Lipinski definition) is 5. The number of amides is 1. The Morgan fingerprint density at radius 2 is 2.00 bits per heavy atom. The van der Waals surface area contributed by atoms with E-state index in [2.05, 4.69) is 15.5 Å². The zero-order chi connectivity index (χ0) is 17.2. The molecule has 1 N–H and O–H groups in total. The Morgan fingerprint density at radius 1 is 1.20 bits per heavy atom. The normalized spacial score (nSPS) is 13.5. The Labute approximate surface area is 144 Å². The molecule has 0 bridgehead atoms. The molecule has 1 aromatic heterocycles. The number of nitrogens with zero attached hydrogens (tertiary/aromatic N) is 2. The van der Waals surface area contributed by atoms with Crippen molar-refractivity contribution in [2.24, 2.45) is 0 Å². The highest BCUT2D eigenvalue weighted by Gasteiger charge is 2.29. The zero-order valence-corrected chi connectivity index (χ0v) is 13.7. The van der Waals surface area contributed by atoms with E-state index in [9.17, 15) is 4.79 Å². The largest absolute Gasteiger partial charge is 0.497 e. The maximum Gasteiger partial charge on any atom is 0.255 e. The van der Waals surface area contributed by atoms with Crippen molar-refractivity contribution in [1.82, 2.24) is 10.1 Å². The molecule has 0 saturated heterocycles. The van der Waals surface area contributed by atoms with Crippen LogP contribution in [-0.2, 0) is 0 Å². The van der Waals surface area contributed by atoms with Crippen molar-refractivity contribution in [2.75, 3.05) is 12.4 Å². The Hall–Kier alpha value is -3.15. The third-order valence-corrected chi connectivity index (χ3v) is 4.10. The molecule has 1 aliphatic carbocycles. The van der Waals surface area contributed by atoms with Crippen LogP contribution in [0.1, 0.15) is 35.0 Å². The average molecular weight is 335 g/mol. The smallest absolute Gasteiger partial charge is 0.255 e. The van der Waals surface area contributed by atoms with Gasteiger partial charge in [-0.15, -0.1) is 0 Å². The zero-order valence-electron chi connectivity index (χ0n) is 13.7. The number of ether oxygens (including phenoxy) is 1. The van der Waals surface area contributed by atoms with E-state index in [4.69, 9.17) is 9.26 Å². The third-order valence-electron chi connectivity index (χ3n) is 4.10. The predicted molar refractivity (Wildman–Crippen MR) is 92.7 cm³/mol. The van der Waals surface area contributed by atoms with Gasteiger partial charge in [-0.05, 0) is 49.2 Å². The number of carbonyl (C=O) groups excluding carboxylic acids is 1. The number of rotatable bonds is 5. The Bertz CT molecular complexity index is 898. The number of hydrogen-bond donors (Lipinski definition) is 1. The lowest BCUT2D eigenvalue weighted by Gasteiger charge is -2.07. The van der Waals surface area contributed by atoms with Crippen molar-refractivity contribution in [1.29, 1.82) is 0 Å². The first-order chi connectivity index (χ1) is 12.2. The maximum atomic E-state index is 12.4. The van der Waals surface area contributed by atoms with Gasteiger partial charge in [-0.1, -0.05) is 17.3 Å². The molecule has 3 aromatic rings. The van der Waals surface area contributed by atoms with E-state index >= 15 is 0 Å². The van der Waals surface area contributed by atoms with Gasteiger partial charge in [0.2, 0.25) is 11.7 Å². The van der Waals surface area contributed by atoms with Gasteiger partial charge in [0.25, 0.3) is 5.91 Å². The number of methoxy groups -OCH3 is 1. The van der Waals surface area contributed by atoms with Crippen LogP contribution in [-0.4, -0.2) is 23.2 Å².